The van der Waals surface area contributed by atoms with Crippen molar-refractivity contribution in [3.05, 3.63) is 47.3 Å². The van der Waals surface area contributed by atoms with Crippen molar-refractivity contribution in [2.24, 2.45) is 0 Å². The van der Waals surface area contributed by atoms with Gasteiger partial charge in [-0.25, -0.2) is 0 Å². The highest BCUT2D eigenvalue weighted by atomic mass is 16.2. The summed E-state index contributed by atoms with van der Waals surface area (Å²) >= 11 is 0. The molecule has 0 saturated carbocycles. The molecule has 1 fully saturated rings. The van der Waals surface area contributed by atoms with Crippen LogP contribution in [0.15, 0.2) is 30.5 Å². The van der Waals surface area contributed by atoms with Gasteiger partial charge in [0.15, 0.2) is 0 Å². The first-order valence-electron chi connectivity index (χ1n) is 8.67. The van der Waals surface area contributed by atoms with Gasteiger partial charge in [0.2, 0.25) is 5.91 Å². The van der Waals surface area contributed by atoms with Gasteiger partial charge in [0, 0.05) is 31.0 Å². The molecule has 7 heteroatoms. The monoisotopic (exact) mass is 351 g/mol. The van der Waals surface area contributed by atoms with E-state index >= 15 is 0 Å². The SMILES string of the molecule is CCCn1ncc(C(=O)N2CCN(c3ccc(C#N)cc3)C(=O)C2)c1C. The van der Waals surface area contributed by atoms with E-state index in [1.54, 1.807) is 40.3 Å². The number of benzene rings is 1. The quantitative estimate of drug-likeness (QED) is 0.843. The summed E-state index contributed by atoms with van der Waals surface area (Å²) in [6.07, 6.45) is 2.53. The Kier molecular flexibility index (Phi) is 5.03. The average Bonchev–Trinajstić information content (AvgIpc) is 3.02. The van der Waals surface area contributed by atoms with E-state index in [4.69, 9.17) is 5.26 Å². The fraction of sp³-hybridized carbons (Fsp3) is 0.368. The summed E-state index contributed by atoms with van der Waals surface area (Å²) in [5.41, 5.74) is 2.68. The number of amides is 2. The van der Waals surface area contributed by atoms with E-state index in [0.29, 0.717) is 24.2 Å². The molecular weight excluding hydrogens is 330 g/mol. The molecule has 0 unspecified atom stereocenters. The van der Waals surface area contributed by atoms with Gasteiger partial charge in [-0.1, -0.05) is 6.92 Å². The van der Waals surface area contributed by atoms with Crippen LogP contribution in [0.25, 0.3) is 0 Å². The largest absolute Gasteiger partial charge is 0.327 e. The van der Waals surface area contributed by atoms with E-state index < -0.39 is 0 Å². The molecule has 0 aliphatic carbocycles. The highest BCUT2D eigenvalue weighted by Gasteiger charge is 2.30. The molecule has 2 heterocycles. The Balaban J connectivity index is 1.71. The predicted molar refractivity (Wildman–Crippen MR) is 96.7 cm³/mol. The summed E-state index contributed by atoms with van der Waals surface area (Å²) in [4.78, 5) is 28.5. The Bertz CT molecular complexity index is 863. The fourth-order valence-corrected chi connectivity index (χ4v) is 3.10. The fourth-order valence-electron chi connectivity index (χ4n) is 3.10. The second-order valence-corrected chi connectivity index (χ2v) is 6.30. The minimum atomic E-state index is -0.155. The second-order valence-electron chi connectivity index (χ2n) is 6.30. The lowest BCUT2D eigenvalue weighted by Gasteiger charge is -2.34. The molecule has 2 amide bonds. The Labute approximate surface area is 152 Å². The Hall–Kier alpha value is -3.14. The zero-order valence-corrected chi connectivity index (χ0v) is 15.0. The number of aryl methyl sites for hydroxylation is 1. The molecule has 3 rings (SSSR count). The maximum Gasteiger partial charge on any atom is 0.257 e. The molecule has 2 aromatic rings. The second kappa shape index (κ2) is 7.40. The van der Waals surface area contributed by atoms with Crippen molar-refractivity contribution in [3.8, 4) is 6.07 Å². The first-order chi connectivity index (χ1) is 12.5. The van der Waals surface area contributed by atoms with Crippen LogP contribution in [0.3, 0.4) is 0 Å². The maximum atomic E-state index is 12.8. The summed E-state index contributed by atoms with van der Waals surface area (Å²) in [6, 6.07) is 8.95. The topological polar surface area (TPSA) is 82.2 Å². The van der Waals surface area contributed by atoms with E-state index in [2.05, 4.69) is 18.1 Å². The lowest BCUT2D eigenvalue weighted by atomic mass is 10.1. The van der Waals surface area contributed by atoms with Crippen LogP contribution >= 0.6 is 0 Å². The van der Waals surface area contributed by atoms with E-state index in [9.17, 15) is 9.59 Å². The molecule has 1 aliphatic heterocycles. The standard InChI is InChI=1S/C19H21N5O2/c1-3-8-24-14(2)17(12-21-24)19(26)22-9-10-23(18(25)13-22)16-6-4-15(11-20)5-7-16/h4-7,12H,3,8-10,13H2,1-2H3. The van der Waals surface area contributed by atoms with Crippen molar-refractivity contribution in [3.63, 3.8) is 0 Å². The average molecular weight is 351 g/mol. The molecule has 134 valence electrons. The molecule has 0 bridgehead atoms. The molecule has 7 nitrogen and oxygen atoms in total. The summed E-state index contributed by atoms with van der Waals surface area (Å²) in [7, 11) is 0. The number of hydrogen-bond acceptors (Lipinski definition) is 4. The molecule has 0 atom stereocenters. The normalized spacial score (nSPS) is 14.4. The van der Waals surface area contributed by atoms with Crippen LogP contribution in [-0.4, -0.2) is 46.1 Å². The predicted octanol–water partition coefficient (Wildman–Crippen LogP) is 1.96. The Morgan fingerprint density at radius 2 is 2.00 bits per heavy atom. The Morgan fingerprint density at radius 1 is 1.27 bits per heavy atom. The number of piperazine rings is 1. The summed E-state index contributed by atoms with van der Waals surface area (Å²) < 4.78 is 1.82. The lowest BCUT2D eigenvalue weighted by molar-refractivity contribution is -0.120. The van der Waals surface area contributed by atoms with Crippen molar-refractivity contribution in [1.82, 2.24) is 14.7 Å². The third kappa shape index (κ3) is 3.31. The van der Waals surface area contributed by atoms with Gasteiger partial charge in [0.25, 0.3) is 5.91 Å². The number of aromatic nitrogens is 2. The minimum absolute atomic E-state index is 0.0389. The van der Waals surface area contributed by atoms with Gasteiger partial charge in [0.05, 0.1) is 23.4 Å². The van der Waals surface area contributed by atoms with Crippen molar-refractivity contribution < 1.29 is 9.59 Å². The zero-order valence-electron chi connectivity index (χ0n) is 15.0. The lowest BCUT2D eigenvalue weighted by Crippen LogP contribution is -2.52. The van der Waals surface area contributed by atoms with Crippen molar-refractivity contribution in [2.45, 2.75) is 26.8 Å². The number of hydrogen-bond donors (Lipinski definition) is 0. The van der Waals surface area contributed by atoms with E-state index in [1.807, 2.05) is 11.6 Å². The molecule has 0 N–H and O–H groups in total. The maximum absolute atomic E-state index is 12.8. The van der Waals surface area contributed by atoms with Crippen LogP contribution < -0.4 is 4.90 Å². The van der Waals surface area contributed by atoms with Gasteiger partial charge >= 0.3 is 0 Å². The molecule has 1 aliphatic rings. The van der Waals surface area contributed by atoms with Crippen molar-refractivity contribution in [2.75, 3.05) is 24.5 Å². The van der Waals surface area contributed by atoms with Crippen molar-refractivity contribution in [1.29, 1.82) is 5.26 Å². The van der Waals surface area contributed by atoms with Crippen LogP contribution in [0.4, 0.5) is 5.69 Å². The van der Waals surface area contributed by atoms with Crippen LogP contribution in [0, 0.1) is 18.3 Å². The third-order valence-corrected chi connectivity index (χ3v) is 4.58. The number of carbonyl (C=O) groups is 2. The van der Waals surface area contributed by atoms with Gasteiger partial charge in [-0.2, -0.15) is 10.4 Å². The van der Waals surface area contributed by atoms with Crippen LogP contribution in [0.1, 0.15) is 35.0 Å². The van der Waals surface area contributed by atoms with Gasteiger partial charge in [-0.15, -0.1) is 0 Å². The first-order valence-corrected chi connectivity index (χ1v) is 8.67. The Morgan fingerprint density at radius 3 is 2.62 bits per heavy atom. The molecule has 1 aromatic carbocycles. The molecule has 1 aromatic heterocycles. The minimum Gasteiger partial charge on any atom is -0.327 e. The van der Waals surface area contributed by atoms with Gasteiger partial charge in [0.1, 0.15) is 6.54 Å². The summed E-state index contributed by atoms with van der Waals surface area (Å²) in [5, 5.41) is 13.1. The molecule has 0 spiro atoms. The zero-order chi connectivity index (χ0) is 18.7. The molecule has 0 radical (unpaired) electrons. The molecule has 1 saturated heterocycles. The first kappa shape index (κ1) is 17.7. The molecule has 26 heavy (non-hydrogen) atoms. The van der Waals surface area contributed by atoms with E-state index in [0.717, 1.165) is 24.3 Å². The summed E-state index contributed by atoms with van der Waals surface area (Å²) in [6.45, 7) is 5.64. The third-order valence-electron chi connectivity index (χ3n) is 4.58. The number of nitriles is 1. The van der Waals surface area contributed by atoms with Gasteiger partial charge < -0.3 is 9.80 Å². The van der Waals surface area contributed by atoms with Crippen LogP contribution in [0.2, 0.25) is 0 Å². The number of carbonyl (C=O) groups excluding carboxylic acids is 2. The van der Waals surface area contributed by atoms with Gasteiger partial charge in [-0.05, 0) is 37.6 Å². The van der Waals surface area contributed by atoms with Gasteiger partial charge in [-0.3, -0.25) is 14.3 Å². The highest BCUT2D eigenvalue weighted by molar-refractivity contribution is 6.02. The summed E-state index contributed by atoms with van der Waals surface area (Å²) in [5.74, 6) is -0.286. The smallest absolute Gasteiger partial charge is 0.257 e. The molecular formula is C19H21N5O2. The number of rotatable bonds is 4. The van der Waals surface area contributed by atoms with E-state index in [1.165, 1.54) is 0 Å². The van der Waals surface area contributed by atoms with Crippen molar-refractivity contribution >= 4 is 17.5 Å². The van der Waals surface area contributed by atoms with Crippen LogP contribution in [0.5, 0.6) is 0 Å². The number of anilines is 1. The highest BCUT2D eigenvalue weighted by Crippen LogP contribution is 2.20. The number of nitrogens with zero attached hydrogens (tertiary/aromatic N) is 5. The van der Waals surface area contributed by atoms with E-state index in [-0.39, 0.29) is 18.4 Å². The van der Waals surface area contributed by atoms with Crippen LogP contribution in [-0.2, 0) is 11.3 Å².